The Labute approximate surface area is 108 Å². The van der Waals surface area contributed by atoms with E-state index in [0.29, 0.717) is 12.2 Å². The van der Waals surface area contributed by atoms with E-state index in [-0.39, 0.29) is 5.56 Å². The maximum Gasteiger partial charge on any atom is 0.194 e. The van der Waals surface area contributed by atoms with E-state index in [4.69, 9.17) is 0 Å². The van der Waals surface area contributed by atoms with Crippen molar-refractivity contribution in [2.45, 2.75) is 13.0 Å². The molecule has 4 nitrogen and oxygen atoms in total. The van der Waals surface area contributed by atoms with Gasteiger partial charge in [-0.25, -0.2) is 13.2 Å². The van der Waals surface area contributed by atoms with Crippen LogP contribution in [-0.2, 0) is 7.05 Å². The van der Waals surface area contributed by atoms with Gasteiger partial charge in [0.1, 0.15) is 0 Å². The highest BCUT2D eigenvalue weighted by molar-refractivity contribution is 5.28. The van der Waals surface area contributed by atoms with Crippen molar-refractivity contribution in [2.24, 2.45) is 7.05 Å². The fourth-order valence-corrected chi connectivity index (χ4v) is 1.90. The number of hydrogen-bond acceptors (Lipinski definition) is 3. The van der Waals surface area contributed by atoms with Gasteiger partial charge in [0, 0.05) is 7.05 Å². The molecule has 1 atom stereocenters. The van der Waals surface area contributed by atoms with Gasteiger partial charge in [-0.2, -0.15) is 0 Å². The van der Waals surface area contributed by atoms with Crippen molar-refractivity contribution in [2.75, 3.05) is 6.54 Å². The zero-order valence-corrected chi connectivity index (χ0v) is 10.5. The van der Waals surface area contributed by atoms with Gasteiger partial charge in [0.05, 0.1) is 17.9 Å². The number of aromatic nitrogens is 3. The van der Waals surface area contributed by atoms with Gasteiger partial charge in [0.25, 0.3) is 0 Å². The Morgan fingerprint density at radius 3 is 2.37 bits per heavy atom. The number of halogens is 3. The second-order valence-electron chi connectivity index (χ2n) is 4.07. The molecule has 1 N–H and O–H groups in total. The van der Waals surface area contributed by atoms with Crippen LogP contribution in [0, 0.1) is 17.5 Å². The quantitative estimate of drug-likeness (QED) is 0.863. The number of benzene rings is 1. The molecule has 0 spiro atoms. The Hall–Kier alpha value is -1.89. The van der Waals surface area contributed by atoms with Crippen LogP contribution in [0.25, 0.3) is 0 Å². The predicted molar refractivity (Wildman–Crippen MR) is 62.8 cm³/mol. The zero-order valence-electron chi connectivity index (χ0n) is 10.5. The molecule has 102 valence electrons. The third-order valence-electron chi connectivity index (χ3n) is 2.79. The van der Waals surface area contributed by atoms with E-state index in [0.717, 1.165) is 12.1 Å². The van der Waals surface area contributed by atoms with Crippen molar-refractivity contribution in [1.29, 1.82) is 0 Å². The molecule has 0 aliphatic rings. The number of rotatable bonds is 4. The number of nitrogens with zero attached hydrogens (tertiary/aromatic N) is 3. The molecular formula is C12H13F3N4. The molecular weight excluding hydrogens is 257 g/mol. The van der Waals surface area contributed by atoms with Crippen molar-refractivity contribution in [1.82, 2.24) is 20.3 Å². The topological polar surface area (TPSA) is 42.7 Å². The SMILES string of the molecule is CCNC(c1cc(F)c(F)c(F)c1)c1cnnn1C. The predicted octanol–water partition coefficient (Wildman–Crippen LogP) is 1.93. The minimum atomic E-state index is -1.47. The highest BCUT2D eigenvalue weighted by atomic mass is 19.2. The van der Waals surface area contributed by atoms with E-state index < -0.39 is 23.5 Å². The Kier molecular flexibility index (Phi) is 3.84. The van der Waals surface area contributed by atoms with Crippen LogP contribution in [0.1, 0.15) is 24.2 Å². The number of nitrogens with one attached hydrogen (secondary N) is 1. The molecule has 1 heterocycles. The molecule has 19 heavy (non-hydrogen) atoms. The fraction of sp³-hybridized carbons (Fsp3) is 0.333. The maximum absolute atomic E-state index is 13.3. The van der Waals surface area contributed by atoms with Crippen LogP contribution < -0.4 is 5.32 Å². The summed E-state index contributed by atoms with van der Waals surface area (Å²) >= 11 is 0. The standard InChI is InChI=1S/C12H13F3N4/c1-3-16-12(10-6-17-18-19(10)2)7-4-8(13)11(15)9(14)5-7/h4-6,12,16H,3H2,1-2H3. The van der Waals surface area contributed by atoms with Crippen molar-refractivity contribution < 1.29 is 13.2 Å². The summed E-state index contributed by atoms with van der Waals surface area (Å²) in [4.78, 5) is 0. The van der Waals surface area contributed by atoms with Crippen LogP contribution in [0.5, 0.6) is 0 Å². The highest BCUT2D eigenvalue weighted by Gasteiger charge is 2.21. The fourth-order valence-electron chi connectivity index (χ4n) is 1.90. The molecule has 7 heteroatoms. The smallest absolute Gasteiger partial charge is 0.194 e. The molecule has 0 bridgehead atoms. The first kappa shape index (κ1) is 13.5. The summed E-state index contributed by atoms with van der Waals surface area (Å²) in [7, 11) is 1.67. The first-order valence-electron chi connectivity index (χ1n) is 5.77. The summed E-state index contributed by atoms with van der Waals surface area (Å²) in [5.74, 6) is -3.90. The van der Waals surface area contributed by atoms with Crippen molar-refractivity contribution in [3.63, 3.8) is 0 Å². The Morgan fingerprint density at radius 1 is 1.26 bits per heavy atom. The third-order valence-corrected chi connectivity index (χ3v) is 2.79. The molecule has 1 aromatic heterocycles. The molecule has 0 aliphatic carbocycles. The molecule has 2 rings (SSSR count). The third kappa shape index (κ3) is 2.60. The Morgan fingerprint density at radius 2 is 1.89 bits per heavy atom. The van der Waals surface area contributed by atoms with E-state index in [2.05, 4.69) is 15.6 Å². The lowest BCUT2D eigenvalue weighted by Gasteiger charge is -2.18. The highest BCUT2D eigenvalue weighted by Crippen LogP contribution is 2.24. The monoisotopic (exact) mass is 270 g/mol. The van der Waals surface area contributed by atoms with E-state index in [1.807, 2.05) is 6.92 Å². The van der Waals surface area contributed by atoms with Crippen molar-refractivity contribution >= 4 is 0 Å². The molecule has 0 saturated carbocycles. The summed E-state index contributed by atoms with van der Waals surface area (Å²) in [6.07, 6.45) is 1.49. The molecule has 1 unspecified atom stereocenters. The van der Waals surface area contributed by atoms with Crippen LogP contribution in [-0.4, -0.2) is 21.5 Å². The average Bonchev–Trinajstić information content (AvgIpc) is 2.78. The largest absolute Gasteiger partial charge is 0.305 e. The van der Waals surface area contributed by atoms with Crippen molar-refractivity contribution in [3.8, 4) is 0 Å². The summed E-state index contributed by atoms with van der Waals surface area (Å²) in [6.45, 7) is 2.42. The maximum atomic E-state index is 13.3. The van der Waals surface area contributed by atoms with Gasteiger partial charge in [0.2, 0.25) is 0 Å². The van der Waals surface area contributed by atoms with Gasteiger partial charge in [-0.05, 0) is 24.2 Å². The van der Waals surface area contributed by atoms with E-state index in [1.54, 1.807) is 7.05 Å². The first-order valence-corrected chi connectivity index (χ1v) is 5.77. The molecule has 0 fully saturated rings. The minimum Gasteiger partial charge on any atom is -0.305 e. The minimum absolute atomic E-state index is 0.281. The Bertz CT molecular complexity index is 559. The second kappa shape index (κ2) is 5.40. The molecule has 0 radical (unpaired) electrons. The van der Waals surface area contributed by atoms with E-state index in [9.17, 15) is 13.2 Å². The average molecular weight is 270 g/mol. The second-order valence-corrected chi connectivity index (χ2v) is 4.07. The number of hydrogen-bond donors (Lipinski definition) is 1. The lowest BCUT2D eigenvalue weighted by Crippen LogP contribution is -2.24. The summed E-state index contributed by atoms with van der Waals surface area (Å²) in [5.41, 5.74) is 0.913. The normalized spacial score (nSPS) is 12.7. The first-order chi connectivity index (χ1) is 9.04. The molecule has 2 aromatic rings. The van der Waals surface area contributed by atoms with Gasteiger partial charge in [-0.3, -0.25) is 4.68 Å². The molecule has 0 aliphatic heterocycles. The summed E-state index contributed by atoms with van der Waals surface area (Å²) in [5, 5.41) is 10.6. The molecule has 0 saturated heterocycles. The lowest BCUT2D eigenvalue weighted by molar-refractivity contribution is 0.441. The van der Waals surface area contributed by atoms with E-state index >= 15 is 0 Å². The van der Waals surface area contributed by atoms with Gasteiger partial charge in [-0.15, -0.1) is 5.10 Å². The van der Waals surface area contributed by atoms with Crippen LogP contribution in [0.4, 0.5) is 13.2 Å². The van der Waals surface area contributed by atoms with Crippen LogP contribution >= 0.6 is 0 Å². The van der Waals surface area contributed by atoms with Crippen LogP contribution in [0.15, 0.2) is 18.3 Å². The van der Waals surface area contributed by atoms with Gasteiger partial charge in [-0.1, -0.05) is 12.1 Å². The number of aryl methyl sites for hydroxylation is 1. The molecule has 1 aromatic carbocycles. The van der Waals surface area contributed by atoms with Crippen LogP contribution in [0.3, 0.4) is 0 Å². The molecule has 0 amide bonds. The van der Waals surface area contributed by atoms with Gasteiger partial charge < -0.3 is 5.32 Å². The van der Waals surface area contributed by atoms with Gasteiger partial charge >= 0.3 is 0 Å². The van der Waals surface area contributed by atoms with Crippen LogP contribution in [0.2, 0.25) is 0 Å². The Balaban J connectivity index is 2.48. The van der Waals surface area contributed by atoms with E-state index in [1.165, 1.54) is 10.9 Å². The zero-order chi connectivity index (χ0) is 14.0. The lowest BCUT2D eigenvalue weighted by atomic mass is 10.0. The van der Waals surface area contributed by atoms with Crippen molar-refractivity contribution in [3.05, 3.63) is 47.0 Å². The summed E-state index contributed by atoms with van der Waals surface area (Å²) in [6, 6.07) is 1.44. The van der Waals surface area contributed by atoms with Gasteiger partial charge in [0.15, 0.2) is 17.5 Å². The summed E-state index contributed by atoms with van der Waals surface area (Å²) < 4.78 is 41.1.